The van der Waals surface area contributed by atoms with Crippen molar-refractivity contribution in [1.29, 1.82) is 0 Å². The molecule has 0 radical (unpaired) electrons. The second-order valence-corrected chi connectivity index (χ2v) is 7.40. The molecule has 1 atom stereocenters. The molecule has 34 heavy (non-hydrogen) atoms. The van der Waals surface area contributed by atoms with Gasteiger partial charge in [0, 0.05) is 30.4 Å². The maximum atomic E-state index is 12.4. The van der Waals surface area contributed by atoms with E-state index in [2.05, 4.69) is 20.3 Å². The van der Waals surface area contributed by atoms with E-state index in [9.17, 15) is 24.3 Å². The van der Waals surface area contributed by atoms with Crippen LogP contribution in [0.5, 0.6) is 0 Å². The van der Waals surface area contributed by atoms with Gasteiger partial charge in [0.15, 0.2) is 0 Å². The van der Waals surface area contributed by atoms with Gasteiger partial charge >= 0.3 is 11.9 Å². The molecular weight excluding hydrogens is 446 g/mol. The number of nitrogens with two attached hydrogens (primary N) is 2. The summed E-state index contributed by atoms with van der Waals surface area (Å²) < 4.78 is 0. The Morgan fingerprint density at radius 1 is 1.15 bits per heavy atom. The van der Waals surface area contributed by atoms with E-state index in [1.807, 2.05) is 0 Å². The van der Waals surface area contributed by atoms with Gasteiger partial charge in [-0.05, 0) is 42.7 Å². The van der Waals surface area contributed by atoms with Gasteiger partial charge in [0.2, 0.25) is 12.4 Å². The first kappa shape index (κ1) is 24.0. The molecule has 3 aromatic rings. The molecule has 13 nitrogen and oxygen atoms in total. The Hall–Kier alpha value is -4.68. The van der Waals surface area contributed by atoms with Gasteiger partial charge in [-0.2, -0.15) is 9.97 Å². The van der Waals surface area contributed by atoms with Crippen LogP contribution in [-0.4, -0.2) is 62.0 Å². The number of amides is 2. The van der Waals surface area contributed by atoms with Gasteiger partial charge in [-0.1, -0.05) is 0 Å². The summed E-state index contributed by atoms with van der Waals surface area (Å²) in [5.74, 6) is -2.88. The van der Waals surface area contributed by atoms with Crippen LogP contribution in [0.1, 0.15) is 28.8 Å². The Balaban J connectivity index is 1.67. The van der Waals surface area contributed by atoms with Crippen LogP contribution < -0.4 is 21.7 Å². The second-order valence-electron chi connectivity index (χ2n) is 7.40. The summed E-state index contributed by atoms with van der Waals surface area (Å²) in [7, 11) is 0. The topological polar surface area (TPSA) is 218 Å². The van der Waals surface area contributed by atoms with Gasteiger partial charge in [-0.3, -0.25) is 14.4 Å². The maximum absolute atomic E-state index is 12.4. The van der Waals surface area contributed by atoms with Crippen LogP contribution in [0, 0.1) is 0 Å². The lowest BCUT2D eigenvalue weighted by Gasteiger charge is -2.18. The fourth-order valence-electron chi connectivity index (χ4n) is 3.40. The number of hydrogen-bond donors (Lipinski definition) is 6. The van der Waals surface area contributed by atoms with Crippen molar-refractivity contribution >= 4 is 52.7 Å². The normalized spacial score (nSPS) is 11.6. The number of carbonyl (C=O) groups is 4. The highest BCUT2D eigenvalue weighted by atomic mass is 16.4. The summed E-state index contributed by atoms with van der Waals surface area (Å²) in [6.07, 6.45) is 2.15. The summed E-state index contributed by atoms with van der Waals surface area (Å²) in [6, 6.07) is 4.64. The maximum Gasteiger partial charge on any atom is 0.326 e. The number of aromatic nitrogens is 3. The predicted molar refractivity (Wildman–Crippen MR) is 122 cm³/mol. The number of nitrogens with one attached hydrogen (secondary N) is 2. The first-order valence-electron chi connectivity index (χ1n) is 10.2. The molecule has 2 aromatic heterocycles. The lowest BCUT2D eigenvalue weighted by atomic mass is 10.1. The Morgan fingerprint density at radius 3 is 2.47 bits per heavy atom. The molecule has 0 spiro atoms. The minimum Gasteiger partial charge on any atom is -0.481 e. The highest BCUT2D eigenvalue weighted by molar-refractivity contribution is 5.97. The quantitative estimate of drug-likeness (QED) is 0.212. The van der Waals surface area contributed by atoms with Crippen LogP contribution in [0.4, 0.5) is 17.5 Å². The lowest BCUT2D eigenvalue weighted by Crippen LogP contribution is -2.41. The highest BCUT2D eigenvalue weighted by Crippen LogP contribution is 2.24. The number of aliphatic carboxylic acids is 2. The Kier molecular flexibility index (Phi) is 7.26. The van der Waals surface area contributed by atoms with E-state index in [0.29, 0.717) is 36.1 Å². The van der Waals surface area contributed by atoms with E-state index in [1.54, 1.807) is 18.3 Å². The number of carboxylic acids is 2. The molecule has 0 aliphatic heterocycles. The number of rotatable bonds is 11. The first-order chi connectivity index (χ1) is 16.2. The van der Waals surface area contributed by atoms with Crippen molar-refractivity contribution in [3.8, 4) is 0 Å². The zero-order valence-corrected chi connectivity index (χ0v) is 17.9. The van der Waals surface area contributed by atoms with Gasteiger partial charge in [0.1, 0.15) is 17.5 Å². The number of carbonyl (C=O) groups excluding carboxylic acids is 2. The van der Waals surface area contributed by atoms with Crippen molar-refractivity contribution in [2.75, 3.05) is 22.9 Å². The Morgan fingerprint density at radius 2 is 1.85 bits per heavy atom. The highest BCUT2D eigenvalue weighted by Gasteiger charge is 2.22. The summed E-state index contributed by atoms with van der Waals surface area (Å²) in [6.45, 7) is 0.294. The number of aromatic amines is 1. The average Bonchev–Trinajstić information content (AvgIpc) is 3.20. The van der Waals surface area contributed by atoms with Crippen LogP contribution >= 0.6 is 0 Å². The minimum atomic E-state index is -1.34. The third-order valence-electron chi connectivity index (χ3n) is 5.12. The molecule has 178 valence electrons. The van der Waals surface area contributed by atoms with Gasteiger partial charge in [0.05, 0.1) is 5.39 Å². The van der Waals surface area contributed by atoms with Crippen LogP contribution in [-0.2, 0) is 20.8 Å². The molecule has 2 heterocycles. The summed E-state index contributed by atoms with van der Waals surface area (Å²) >= 11 is 0. The van der Waals surface area contributed by atoms with Gasteiger partial charge in [-0.25, -0.2) is 4.79 Å². The number of fused-ring (bicyclic) bond motifs is 1. The minimum absolute atomic E-state index is 0.0496. The molecule has 3 rings (SSSR count). The fourth-order valence-corrected chi connectivity index (χ4v) is 3.40. The van der Waals surface area contributed by atoms with Crippen LogP contribution in [0.15, 0.2) is 30.5 Å². The lowest BCUT2D eigenvalue weighted by molar-refractivity contribution is -0.140. The molecule has 13 heteroatoms. The largest absolute Gasteiger partial charge is 0.481 e. The van der Waals surface area contributed by atoms with Gasteiger partial charge in [0.25, 0.3) is 5.91 Å². The SMILES string of the molecule is Nc1nc(N)c2c(CCN(C=O)c3ccc(C(=O)N[C@@H](CCC(=O)O)C(=O)O)cc3)c[nH]c2n1. The van der Waals surface area contributed by atoms with E-state index in [1.165, 1.54) is 17.0 Å². The van der Waals surface area contributed by atoms with Crippen molar-refractivity contribution in [2.45, 2.75) is 25.3 Å². The molecule has 0 aliphatic carbocycles. The number of nitrogens with zero attached hydrogens (tertiary/aromatic N) is 3. The van der Waals surface area contributed by atoms with Crippen molar-refractivity contribution in [3.63, 3.8) is 0 Å². The number of H-pyrrole nitrogens is 1. The van der Waals surface area contributed by atoms with E-state index in [4.69, 9.17) is 16.6 Å². The Labute approximate surface area is 192 Å². The molecule has 2 amide bonds. The second kappa shape index (κ2) is 10.3. The van der Waals surface area contributed by atoms with E-state index in [-0.39, 0.29) is 23.8 Å². The number of carboxylic acid groups (broad SMARTS) is 2. The zero-order chi connectivity index (χ0) is 24.8. The van der Waals surface area contributed by atoms with E-state index in [0.717, 1.165) is 5.56 Å². The smallest absolute Gasteiger partial charge is 0.326 e. The van der Waals surface area contributed by atoms with Gasteiger partial charge in [-0.15, -0.1) is 0 Å². The summed E-state index contributed by atoms with van der Waals surface area (Å²) in [5.41, 5.74) is 13.5. The molecule has 0 saturated carbocycles. The third-order valence-corrected chi connectivity index (χ3v) is 5.12. The monoisotopic (exact) mass is 469 g/mol. The van der Waals surface area contributed by atoms with Crippen LogP contribution in [0.2, 0.25) is 0 Å². The molecule has 0 fully saturated rings. The summed E-state index contributed by atoms with van der Waals surface area (Å²) in [4.78, 5) is 58.4. The molecule has 0 saturated heterocycles. The molecular formula is C21H23N7O6. The van der Waals surface area contributed by atoms with Crippen molar-refractivity contribution in [2.24, 2.45) is 0 Å². The molecule has 0 unspecified atom stereocenters. The molecule has 8 N–H and O–H groups in total. The van der Waals surface area contributed by atoms with E-state index >= 15 is 0 Å². The standard InChI is InChI=1S/C21H23N7O6/c22-17-16-12(9-24-18(16)27-21(23)26-17)7-8-28(10-29)13-3-1-11(2-4-13)19(32)25-14(20(33)34)5-6-15(30)31/h1-4,9-10,14H,5-8H2,(H,25,32)(H,30,31)(H,33,34)(H5,22,23,24,26,27)/t14-/m0/s1. The molecule has 1 aromatic carbocycles. The predicted octanol–water partition coefficient (Wildman–Crippen LogP) is 0.376. The van der Waals surface area contributed by atoms with Gasteiger partial charge < -0.3 is 36.9 Å². The van der Waals surface area contributed by atoms with Crippen molar-refractivity contribution < 1.29 is 29.4 Å². The number of anilines is 3. The number of nitrogen functional groups attached to an aromatic ring is 2. The van der Waals surface area contributed by atoms with Crippen molar-refractivity contribution in [3.05, 3.63) is 41.6 Å². The van der Waals surface area contributed by atoms with Crippen LogP contribution in [0.3, 0.4) is 0 Å². The third kappa shape index (κ3) is 5.56. The van der Waals surface area contributed by atoms with E-state index < -0.39 is 30.3 Å². The average molecular weight is 469 g/mol. The van der Waals surface area contributed by atoms with Crippen LogP contribution in [0.25, 0.3) is 11.0 Å². The number of benzene rings is 1. The fraction of sp³-hybridized carbons (Fsp3) is 0.238. The first-order valence-corrected chi connectivity index (χ1v) is 10.2. The Bertz CT molecular complexity index is 1220. The van der Waals surface area contributed by atoms with Crippen molar-refractivity contribution in [1.82, 2.24) is 20.3 Å². The zero-order valence-electron chi connectivity index (χ0n) is 17.9. The molecule has 0 bridgehead atoms. The summed E-state index contributed by atoms with van der Waals surface area (Å²) in [5, 5.41) is 20.8. The number of hydrogen-bond acceptors (Lipinski definition) is 8. The molecule has 0 aliphatic rings.